The molecule has 0 spiro atoms. The Labute approximate surface area is 122 Å². The van der Waals surface area contributed by atoms with Gasteiger partial charge in [0, 0.05) is 0 Å². The Bertz CT molecular complexity index is 325. The fourth-order valence-corrected chi connectivity index (χ4v) is 2.69. The lowest BCUT2D eigenvalue weighted by atomic mass is 9.95. The average molecular weight is 308 g/mol. The van der Waals surface area contributed by atoms with Crippen LogP contribution in [0.25, 0.3) is 0 Å². The summed E-state index contributed by atoms with van der Waals surface area (Å²) in [6, 6.07) is 0. The number of hydrogen-bond donors (Lipinski definition) is 5. The van der Waals surface area contributed by atoms with Crippen LogP contribution in [0.15, 0.2) is 0 Å². The molecule has 8 atom stereocenters. The predicted octanol–water partition coefficient (Wildman–Crippen LogP) is -2.27. The van der Waals surface area contributed by atoms with Crippen LogP contribution in [-0.4, -0.2) is 87.8 Å². The van der Waals surface area contributed by atoms with Gasteiger partial charge in [0.2, 0.25) is 0 Å². The van der Waals surface area contributed by atoms with E-state index in [1.54, 1.807) is 6.92 Å². The van der Waals surface area contributed by atoms with Crippen LogP contribution >= 0.6 is 0 Å². The largest absolute Gasteiger partial charge is 0.394 e. The van der Waals surface area contributed by atoms with Crippen molar-refractivity contribution in [2.45, 2.75) is 68.8 Å². The summed E-state index contributed by atoms with van der Waals surface area (Å²) in [5.41, 5.74) is 0. The molecule has 7 unspecified atom stereocenters. The van der Waals surface area contributed by atoms with E-state index < -0.39 is 55.6 Å². The van der Waals surface area contributed by atoms with E-state index in [0.717, 1.165) is 0 Å². The number of aliphatic hydroxyl groups is 5. The molecule has 0 bridgehead atoms. The molecule has 0 radical (unpaired) electrons. The van der Waals surface area contributed by atoms with Gasteiger partial charge in [0.1, 0.15) is 30.5 Å². The van der Waals surface area contributed by atoms with Crippen molar-refractivity contribution in [3.63, 3.8) is 0 Å². The lowest BCUT2D eigenvalue weighted by Crippen LogP contribution is -2.60. The molecule has 2 aliphatic heterocycles. The highest BCUT2D eigenvalue weighted by Gasteiger charge is 2.45. The minimum atomic E-state index is -1.27. The predicted molar refractivity (Wildman–Crippen MR) is 69.3 cm³/mol. The van der Waals surface area contributed by atoms with Gasteiger partial charge in [-0.2, -0.15) is 0 Å². The fraction of sp³-hybridized carbons (Fsp3) is 1.00. The molecule has 0 aromatic rings. The molecule has 2 fully saturated rings. The summed E-state index contributed by atoms with van der Waals surface area (Å²) in [4.78, 5) is 0. The molecule has 5 N–H and O–H groups in total. The third-order valence-electron chi connectivity index (χ3n) is 4.02. The van der Waals surface area contributed by atoms with Crippen molar-refractivity contribution in [3.05, 3.63) is 0 Å². The summed E-state index contributed by atoms with van der Waals surface area (Å²) < 4.78 is 16.3. The number of aliphatic hydroxyl groups excluding tert-OH is 5. The molecule has 2 heterocycles. The van der Waals surface area contributed by atoms with Gasteiger partial charge < -0.3 is 39.7 Å². The molecule has 124 valence electrons. The van der Waals surface area contributed by atoms with E-state index in [-0.39, 0.29) is 6.61 Å². The van der Waals surface area contributed by atoms with E-state index in [1.165, 1.54) is 0 Å². The van der Waals surface area contributed by atoms with Gasteiger partial charge in [-0.1, -0.05) is 0 Å². The zero-order chi connectivity index (χ0) is 15.6. The van der Waals surface area contributed by atoms with Crippen molar-refractivity contribution in [2.75, 3.05) is 13.2 Å². The Morgan fingerprint density at radius 2 is 1.71 bits per heavy atom. The van der Waals surface area contributed by atoms with Gasteiger partial charge in [-0.3, -0.25) is 0 Å². The minimum Gasteiger partial charge on any atom is -0.394 e. The van der Waals surface area contributed by atoms with E-state index in [4.69, 9.17) is 19.3 Å². The van der Waals surface area contributed by atoms with Gasteiger partial charge in [0.25, 0.3) is 0 Å². The number of ether oxygens (including phenoxy) is 3. The zero-order valence-corrected chi connectivity index (χ0v) is 11.9. The summed E-state index contributed by atoms with van der Waals surface area (Å²) in [5.74, 6) is 0. The second-order valence-electron chi connectivity index (χ2n) is 5.60. The summed E-state index contributed by atoms with van der Waals surface area (Å²) >= 11 is 0. The number of hydrogen-bond acceptors (Lipinski definition) is 8. The molecule has 8 nitrogen and oxygen atoms in total. The van der Waals surface area contributed by atoms with Crippen molar-refractivity contribution in [1.29, 1.82) is 0 Å². The maximum atomic E-state index is 10.1. The average Bonchev–Trinajstić information content (AvgIpc) is 2.49. The third kappa shape index (κ3) is 3.72. The first-order valence-corrected chi connectivity index (χ1v) is 7.20. The van der Waals surface area contributed by atoms with Gasteiger partial charge >= 0.3 is 0 Å². The first kappa shape index (κ1) is 17.0. The quantitative estimate of drug-likeness (QED) is 0.393. The molecule has 2 aliphatic rings. The number of rotatable bonds is 4. The molecular formula is C13H24O8. The van der Waals surface area contributed by atoms with Crippen LogP contribution in [0.5, 0.6) is 0 Å². The van der Waals surface area contributed by atoms with Crippen LogP contribution in [0, 0.1) is 0 Å². The Balaban J connectivity index is 2.04. The van der Waals surface area contributed by atoms with Crippen LogP contribution in [0.3, 0.4) is 0 Å². The maximum Gasteiger partial charge on any atom is 0.184 e. The third-order valence-corrected chi connectivity index (χ3v) is 4.02. The van der Waals surface area contributed by atoms with Gasteiger partial charge in [-0.15, -0.1) is 0 Å². The Morgan fingerprint density at radius 3 is 2.33 bits per heavy atom. The van der Waals surface area contributed by atoms with Crippen LogP contribution in [0.1, 0.15) is 19.8 Å². The van der Waals surface area contributed by atoms with Crippen molar-refractivity contribution in [2.24, 2.45) is 0 Å². The monoisotopic (exact) mass is 308 g/mol. The topological polar surface area (TPSA) is 129 Å². The summed E-state index contributed by atoms with van der Waals surface area (Å²) in [6.07, 6.45) is -6.43. The van der Waals surface area contributed by atoms with Crippen LogP contribution in [0.4, 0.5) is 0 Å². The van der Waals surface area contributed by atoms with Crippen LogP contribution in [-0.2, 0) is 14.2 Å². The van der Waals surface area contributed by atoms with Gasteiger partial charge in [-0.05, 0) is 19.8 Å². The van der Waals surface area contributed by atoms with Crippen molar-refractivity contribution in [3.8, 4) is 0 Å². The van der Waals surface area contributed by atoms with Crippen molar-refractivity contribution < 1.29 is 39.7 Å². The highest BCUT2D eigenvalue weighted by atomic mass is 16.7. The van der Waals surface area contributed by atoms with Crippen LogP contribution < -0.4 is 0 Å². The highest BCUT2D eigenvalue weighted by Crippen LogP contribution is 2.28. The molecule has 8 heteroatoms. The smallest absolute Gasteiger partial charge is 0.184 e. The van der Waals surface area contributed by atoms with Crippen molar-refractivity contribution >= 4 is 0 Å². The first-order valence-electron chi connectivity index (χ1n) is 7.20. The molecular weight excluding hydrogens is 284 g/mol. The van der Waals surface area contributed by atoms with E-state index in [2.05, 4.69) is 0 Å². The van der Waals surface area contributed by atoms with E-state index in [9.17, 15) is 20.4 Å². The zero-order valence-electron chi connectivity index (χ0n) is 11.9. The molecule has 2 rings (SSSR count). The summed E-state index contributed by atoms with van der Waals surface area (Å²) in [7, 11) is 0. The fourth-order valence-electron chi connectivity index (χ4n) is 2.69. The van der Waals surface area contributed by atoms with Gasteiger partial charge in [0.15, 0.2) is 6.29 Å². The molecule has 0 aromatic carbocycles. The van der Waals surface area contributed by atoms with E-state index in [0.29, 0.717) is 12.8 Å². The standard InChI is InChI=1S/C13H24O8/c1-6-10(17)11(18)12(9(5-15)19-6)21-13-8(16)3-2-7(4-14)20-13/h6-18H,2-5H2,1H3/t6?,7?,8?,9?,10?,11-,12?,13?/m1/s1. The molecule has 0 aliphatic carbocycles. The Morgan fingerprint density at radius 1 is 1.00 bits per heavy atom. The van der Waals surface area contributed by atoms with E-state index >= 15 is 0 Å². The highest BCUT2D eigenvalue weighted by molar-refractivity contribution is 4.92. The normalized spacial score (nSPS) is 48.3. The second-order valence-corrected chi connectivity index (χ2v) is 5.60. The molecule has 0 amide bonds. The summed E-state index contributed by atoms with van der Waals surface area (Å²) in [5, 5.41) is 48.3. The van der Waals surface area contributed by atoms with Crippen molar-refractivity contribution in [1.82, 2.24) is 0 Å². The molecule has 2 saturated heterocycles. The molecule has 0 saturated carbocycles. The first-order chi connectivity index (χ1) is 9.97. The lowest BCUT2D eigenvalue weighted by molar-refractivity contribution is -0.314. The Kier molecular flexibility index (Phi) is 5.92. The minimum absolute atomic E-state index is 0.195. The second kappa shape index (κ2) is 7.30. The summed E-state index contributed by atoms with van der Waals surface area (Å²) in [6.45, 7) is 0.991. The van der Waals surface area contributed by atoms with E-state index in [1.807, 2.05) is 0 Å². The SMILES string of the molecule is CC1OC(CO)C(OC2OC(CO)CCC2O)[C@H](O)C1O. The maximum absolute atomic E-state index is 10.1. The molecule has 21 heavy (non-hydrogen) atoms. The Hall–Kier alpha value is -0.320. The van der Waals surface area contributed by atoms with Gasteiger partial charge in [0.05, 0.1) is 25.4 Å². The molecule has 0 aromatic heterocycles. The lowest BCUT2D eigenvalue weighted by Gasteiger charge is -2.44. The van der Waals surface area contributed by atoms with Crippen LogP contribution in [0.2, 0.25) is 0 Å². The van der Waals surface area contributed by atoms with Gasteiger partial charge in [-0.25, -0.2) is 0 Å².